The van der Waals surface area contributed by atoms with Crippen molar-refractivity contribution in [1.82, 2.24) is 15.0 Å². The van der Waals surface area contributed by atoms with Crippen LogP contribution in [0.3, 0.4) is 0 Å². The molecule has 0 fully saturated rings. The Hall–Kier alpha value is -2.36. The summed E-state index contributed by atoms with van der Waals surface area (Å²) in [6, 6.07) is 14.6. The second kappa shape index (κ2) is 3.34. The second-order valence-corrected chi connectivity index (χ2v) is 3.50. The number of fused-ring (bicyclic) bond motifs is 1. The summed E-state index contributed by atoms with van der Waals surface area (Å²) in [6.07, 6.45) is 0. The van der Waals surface area contributed by atoms with Crippen molar-refractivity contribution in [2.24, 2.45) is 0 Å². The molecule has 0 amide bonds. The largest absolute Gasteiger partial charge is 0.508 e. The van der Waals surface area contributed by atoms with Crippen LogP contribution in [0, 0.1) is 0 Å². The van der Waals surface area contributed by atoms with E-state index in [-0.39, 0.29) is 5.75 Å². The van der Waals surface area contributed by atoms with Gasteiger partial charge in [-0.2, -0.15) is 4.80 Å². The van der Waals surface area contributed by atoms with Gasteiger partial charge >= 0.3 is 0 Å². The molecule has 0 aliphatic rings. The van der Waals surface area contributed by atoms with Gasteiger partial charge in [0.1, 0.15) is 16.8 Å². The number of hydrogen-bond donors (Lipinski definition) is 1. The lowest BCUT2D eigenvalue weighted by Crippen LogP contribution is -1.97. The molecule has 2 aromatic carbocycles. The fourth-order valence-electron chi connectivity index (χ4n) is 1.58. The Kier molecular flexibility index (Phi) is 1.86. The van der Waals surface area contributed by atoms with Gasteiger partial charge in [0.15, 0.2) is 0 Å². The number of benzene rings is 2. The molecule has 16 heavy (non-hydrogen) atoms. The van der Waals surface area contributed by atoms with Gasteiger partial charge in [0.25, 0.3) is 0 Å². The van der Waals surface area contributed by atoms with Gasteiger partial charge in [-0.1, -0.05) is 18.2 Å². The molecule has 78 valence electrons. The minimum absolute atomic E-state index is 0.201. The zero-order valence-electron chi connectivity index (χ0n) is 8.41. The summed E-state index contributed by atoms with van der Waals surface area (Å²) in [6.45, 7) is 0. The Morgan fingerprint density at radius 2 is 1.62 bits per heavy atom. The van der Waals surface area contributed by atoms with Crippen LogP contribution in [0.4, 0.5) is 0 Å². The third-order valence-corrected chi connectivity index (χ3v) is 2.35. The first-order valence-electron chi connectivity index (χ1n) is 4.94. The van der Waals surface area contributed by atoms with Gasteiger partial charge < -0.3 is 5.11 Å². The van der Waals surface area contributed by atoms with E-state index in [0.29, 0.717) is 5.52 Å². The van der Waals surface area contributed by atoms with E-state index in [0.717, 1.165) is 11.2 Å². The van der Waals surface area contributed by atoms with E-state index in [4.69, 9.17) is 0 Å². The van der Waals surface area contributed by atoms with Crippen molar-refractivity contribution in [3.8, 4) is 11.4 Å². The molecular weight excluding hydrogens is 202 g/mol. The van der Waals surface area contributed by atoms with Gasteiger partial charge in [-0.05, 0) is 24.3 Å². The van der Waals surface area contributed by atoms with Crippen LogP contribution < -0.4 is 0 Å². The molecule has 3 rings (SSSR count). The topological polar surface area (TPSA) is 50.9 Å². The molecule has 0 saturated heterocycles. The molecule has 0 saturated carbocycles. The third kappa shape index (κ3) is 1.40. The molecule has 0 radical (unpaired) electrons. The summed E-state index contributed by atoms with van der Waals surface area (Å²) < 4.78 is 0. The summed E-state index contributed by atoms with van der Waals surface area (Å²) in [5.41, 5.74) is 2.35. The van der Waals surface area contributed by atoms with Gasteiger partial charge in [0, 0.05) is 6.07 Å². The summed E-state index contributed by atoms with van der Waals surface area (Å²) in [5.74, 6) is 0.201. The Balaban J connectivity index is 2.19. The number of para-hydroxylation sites is 1. The molecule has 0 aliphatic carbocycles. The van der Waals surface area contributed by atoms with Crippen LogP contribution in [0.15, 0.2) is 48.5 Å². The summed E-state index contributed by atoms with van der Waals surface area (Å²) in [5, 5.41) is 17.9. The predicted octanol–water partition coefficient (Wildman–Crippen LogP) is 2.13. The number of phenolic OH excluding ortho intramolecular Hbond substituents is 1. The molecule has 0 aliphatic heterocycles. The summed E-state index contributed by atoms with van der Waals surface area (Å²) in [7, 11) is 0. The molecule has 0 spiro atoms. The Morgan fingerprint density at radius 3 is 2.44 bits per heavy atom. The van der Waals surface area contributed by atoms with Crippen LogP contribution >= 0.6 is 0 Å². The number of aromatic nitrogens is 3. The van der Waals surface area contributed by atoms with E-state index in [1.165, 1.54) is 0 Å². The van der Waals surface area contributed by atoms with E-state index in [9.17, 15) is 5.11 Å². The Bertz CT molecular complexity index is 631. The first kappa shape index (κ1) is 8.91. The Morgan fingerprint density at radius 1 is 0.875 bits per heavy atom. The number of hydrogen-bond acceptors (Lipinski definition) is 3. The molecule has 1 heterocycles. The molecule has 3 aromatic rings. The van der Waals surface area contributed by atoms with Crippen molar-refractivity contribution in [2.75, 3.05) is 0 Å². The number of aromatic hydroxyl groups is 1. The molecule has 4 heteroatoms. The van der Waals surface area contributed by atoms with Crippen LogP contribution in [-0.2, 0) is 0 Å². The van der Waals surface area contributed by atoms with Crippen LogP contribution in [0.25, 0.3) is 16.7 Å². The van der Waals surface area contributed by atoms with E-state index in [1.807, 2.05) is 30.3 Å². The highest BCUT2D eigenvalue weighted by atomic mass is 16.3. The van der Waals surface area contributed by atoms with Crippen molar-refractivity contribution in [3.63, 3.8) is 0 Å². The van der Waals surface area contributed by atoms with Crippen LogP contribution in [0.1, 0.15) is 0 Å². The maximum Gasteiger partial charge on any atom is 0.117 e. The lowest BCUT2D eigenvalue weighted by molar-refractivity contribution is 0.476. The lowest BCUT2D eigenvalue weighted by atomic mass is 10.3. The first-order chi connectivity index (χ1) is 7.83. The highest BCUT2D eigenvalue weighted by molar-refractivity contribution is 5.75. The van der Waals surface area contributed by atoms with Crippen LogP contribution in [0.2, 0.25) is 0 Å². The summed E-state index contributed by atoms with van der Waals surface area (Å²) in [4.78, 5) is 1.56. The van der Waals surface area contributed by atoms with Crippen molar-refractivity contribution in [3.05, 3.63) is 48.5 Å². The van der Waals surface area contributed by atoms with Gasteiger partial charge in [0.2, 0.25) is 0 Å². The van der Waals surface area contributed by atoms with Gasteiger partial charge in [-0.3, -0.25) is 0 Å². The number of phenols is 1. The van der Waals surface area contributed by atoms with Crippen molar-refractivity contribution in [1.29, 1.82) is 0 Å². The average Bonchev–Trinajstić information content (AvgIpc) is 2.73. The standard InChI is InChI=1S/C12H9N3O/c16-10-6-7-11-12(8-10)14-15(13-11)9-4-2-1-3-5-9/h1-8,16H. The molecule has 0 unspecified atom stereocenters. The lowest BCUT2D eigenvalue weighted by Gasteiger charge is -1.96. The monoisotopic (exact) mass is 211 g/mol. The molecule has 0 atom stereocenters. The minimum atomic E-state index is 0.201. The van der Waals surface area contributed by atoms with Crippen LogP contribution in [0.5, 0.6) is 5.75 Å². The van der Waals surface area contributed by atoms with Crippen LogP contribution in [-0.4, -0.2) is 20.1 Å². The summed E-state index contributed by atoms with van der Waals surface area (Å²) >= 11 is 0. The molecule has 1 N–H and O–H groups in total. The van der Waals surface area contributed by atoms with Gasteiger partial charge in [0.05, 0.1) is 5.69 Å². The van der Waals surface area contributed by atoms with E-state index < -0.39 is 0 Å². The quantitative estimate of drug-likeness (QED) is 0.670. The number of rotatable bonds is 1. The zero-order chi connectivity index (χ0) is 11.0. The van der Waals surface area contributed by atoms with E-state index in [2.05, 4.69) is 10.2 Å². The minimum Gasteiger partial charge on any atom is -0.508 e. The fourth-order valence-corrected chi connectivity index (χ4v) is 1.58. The maximum absolute atomic E-state index is 9.33. The van der Waals surface area contributed by atoms with Gasteiger partial charge in [-0.15, -0.1) is 10.2 Å². The fraction of sp³-hybridized carbons (Fsp3) is 0. The second-order valence-electron chi connectivity index (χ2n) is 3.50. The van der Waals surface area contributed by atoms with E-state index in [1.54, 1.807) is 23.0 Å². The Labute approximate surface area is 91.8 Å². The highest BCUT2D eigenvalue weighted by Crippen LogP contribution is 2.17. The molecule has 0 bridgehead atoms. The molecule has 4 nitrogen and oxygen atoms in total. The maximum atomic E-state index is 9.33. The highest BCUT2D eigenvalue weighted by Gasteiger charge is 2.04. The first-order valence-corrected chi connectivity index (χ1v) is 4.94. The normalized spacial score (nSPS) is 10.8. The number of nitrogens with zero attached hydrogens (tertiary/aromatic N) is 3. The third-order valence-electron chi connectivity index (χ3n) is 2.35. The van der Waals surface area contributed by atoms with Gasteiger partial charge in [-0.25, -0.2) is 0 Å². The van der Waals surface area contributed by atoms with Crippen molar-refractivity contribution < 1.29 is 5.11 Å². The van der Waals surface area contributed by atoms with Crippen molar-refractivity contribution >= 4 is 11.0 Å². The SMILES string of the molecule is Oc1ccc2nn(-c3ccccc3)nc2c1. The van der Waals surface area contributed by atoms with E-state index >= 15 is 0 Å². The zero-order valence-corrected chi connectivity index (χ0v) is 8.41. The molecular formula is C12H9N3O. The predicted molar refractivity (Wildman–Crippen MR) is 60.5 cm³/mol. The van der Waals surface area contributed by atoms with Crippen molar-refractivity contribution in [2.45, 2.75) is 0 Å². The smallest absolute Gasteiger partial charge is 0.117 e. The average molecular weight is 211 g/mol. The molecule has 1 aromatic heterocycles.